The van der Waals surface area contributed by atoms with Crippen molar-refractivity contribution in [3.63, 3.8) is 0 Å². The van der Waals surface area contributed by atoms with Crippen LogP contribution in [0.1, 0.15) is 0 Å². The number of hydrogen-bond acceptors (Lipinski definition) is 21. The van der Waals surface area contributed by atoms with E-state index in [-0.39, 0.29) is 22.7 Å². The summed E-state index contributed by atoms with van der Waals surface area (Å²) in [4.78, 5) is 13.9. The lowest BCUT2D eigenvalue weighted by molar-refractivity contribution is -0.356. The Bertz CT molecular complexity index is 1800. The Morgan fingerprint density at radius 1 is 0.630 bits per heavy atom. The van der Waals surface area contributed by atoms with E-state index >= 15 is 0 Å². The van der Waals surface area contributed by atoms with Crippen molar-refractivity contribution in [2.24, 2.45) is 0 Å². The Kier molecular flexibility index (Phi) is 11.9. The number of hydrogen-bond donors (Lipinski definition) is 13. The molecule has 3 saturated heterocycles. The van der Waals surface area contributed by atoms with E-state index in [9.17, 15) is 71.2 Å². The molecule has 3 aliphatic heterocycles. The summed E-state index contributed by atoms with van der Waals surface area (Å²) >= 11 is 0. The van der Waals surface area contributed by atoms with Crippen LogP contribution in [0.2, 0.25) is 0 Å². The van der Waals surface area contributed by atoms with Crippen molar-refractivity contribution in [1.29, 1.82) is 0 Å². The van der Waals surface area contributed by atoms with Crippen LogP contribution in [0.15, 0.2) is 45.6 Å². The van der Waals surface area contributed by atoms with Gasteiger partial charge < -0.3 is 99.2 Å². The molecule has 21 nitrogen and oxygen atoms in total. The molecular formula is C33H40O21. The largest absolute Gasteiger partial charge is 0.508 e. The highest BCUT2D eigenvalue weighted by Gasteiger charge is 2.52. The number of aliphatic hydroxyl groups is 10. The summed E-state index contributed by atoms with van der Waals surface area (Å²) in [5, 5.41) is 133. The van der Waals surface area contributed by atoms with Crippen LogP contribution in [0, 0.1) is 0 Å². The Morgan fingerprint density at radius 2 is 1.28 bits per heavy atom. The van der Waals surface area contributed by atoms with Gasteiger partial charge in [0.25, 0.3) is 0 Å². The molecule has 2 aromatic carbocycles. The van der Waals surface area contributed by atoms with Gasteiger partial charge in [-0.25, -0.2) is 0 Å². The third kappa shape index (κ3) is 7.70. The summed E-state index contributed by atoms with van der Waals surface area (Å²) in [6.45, 7) is -2.33. The molecule has 3 fully saturated rings. The van der Waals surface area contributed by atoms with Crippen LogP contribution >= 0.6 is 0 Å². The molecule has 6 unspecified atom stereocenters. The van der Waals surface area contributed by atoms with Crippen LogP contribution in [-0.2, 0) is 23.7 Å². The number of fused-ring (bicyclic) bond motifs is 1. The van der Waals surface area contributed by atoms with E-state index in [4.69, 9.17) is 32.8 Å². The minimum absolute atomic E-state index is 0.143. The second-order valence-electron chi connectivity index (χ2n) is 13.0. The highest BCUT2D eigenvalue weighted by Crippen LogP contribution is 2.37. The molecule has 6 rings (SSSR count). The number of phenolic OH excluding ortho intramolecular Hbond substituents is 3. The van der Waals surface area contributed by atoms with Crippen molar-refractivity contribution >= 4 is 11.0 Å². The number of phenols is 3. The fourth-order valence-corrected chi connectivity index (χ4v) is 6.32. The molecule has 21 heteroatoms. The van der Waals surface area contributed by atoms with Gasteiger partial charge in [0.05, 0.1) is 13.2 Å². The average molecular weight is 773 g/mol. The topological polar surface area (TPSA) is 349 Å². The zero-order valence-corrected chi connectivity index (χ0v) is 27.8. The van der Waals surface area contributed by atoms with Gasteiger partial charge in [-0.3, -0.25) is 4.79 Å². The maximum Gasteiger partial charge on any atom is 0.239 e. The molecule has 54 heavy (non-hydrogen) atoms. The zero-order chi connectivity index (χ0) is 39.2. The summed E-state index contributed by atoms with van der Waals surface area (Å²) < 4.78 is 39.4. The number of aromatic hydroxyl groups is 3. The molecule has 3 aliphatic rings. The maximum absolute atomic E-state index is 13.9. The van der Waals surface area contributed by atoms with E-state index in [1.54, 1.807) is 0 Å². The van der Waals surface area contributed by atoms with Gasteiger partial charge in [-0.2, -0.15) is 0 Å². The Morgan fingerprint density at radius 3 is 1.96 bits per heavy atom. The highest BCUT2D eigenvalue weighted by atomic mass is 16.8. The average Bonchev–Trinajstić information content (AvgIpc) is 3.14. The van der Waals surface area contributed by atoms with Crippen LogP contribution in [0.25, 0.3) is 22.3 Å². The van der Waals surface area contributed by atoms with E-state index in [2.05, 4.69) is 0 Å². The van der Waals surface area contributed by atoms with E-state index in [1.807, 2.05) is 0 Å². The summed E-state index contributed by atoms with van der Waals surface area (Å²) in [6.07, 6.45) is -27.2. The SMILES string of the molecule is O=c1c(OC[C@@H]2OC(CO[C@@H]3OC(O)[C@H](O)[C@H](O)C3O)[C@H](O)[C@H](O)C2O[C@@H]2OC(CO)[C@H](O)[C@H](O)C2O)c(-c2ccc(O)cc2)oc2cc(O)cc(O)c12. The van der Waals surface area contributed by atoms with Crippen LogP contribution in [0.5, 0.6) is 23.0 Å². The highest BCUT2D eigenvalue weighted by molar-refractivity contribution is 5.88. The number of ether oxygens (including phenoxy) is 6. The molecule has 3 aromatic rings. The summed E-state index contributed by atoms with van der Waals surface area (Å²) in [5.74, 6) is -2.08. The molecule has 298 valence electrons. The van der Waals surface area contributed by atoms with Crippen molar-refractivity contribution in [2.75, 3.05) is 19.8 Å². The second kappa shape index (κ2) is 16.2. The molecule has 0 saturated carbocycles. The normalized spacial score (nSPS) is 37.3. The van der Waals surface area contributed by atoms with Crippen molar-refractivity contribution in [1.82, 2.24) is 0 Å². The summed E-state index contributed by atoms with van der Waals surface area (Å²) in [6, 6.07) is 7.20. The molecule has 15 atom stereocenters. The predicted molar refractivity (Wildman–Crippen MR) is 173 cm³/mol. The van der Waals surface area contributed by atoms with Crippen LogP contribution < -0.4 is 10.2 Å². The number of benzene rings is 2. The van der Waals surface area contributed by atoms with Crippen molar-refractivity contribution < 1.29 is 99.2 Å². The van der Waals surface area contributed by atoms with Crippen molar-refractivity contribution in [3.05, 3.63) is 46.6 Å². The third-order valence-corrected chi connectivity index (χ3v) is 9.33. The van der Waals surface area contributed by atoms with Crippen molar-refractivity contribution in [2.45, 2.75) is 92.1 Å². The molecule has 1 aromatic heterocycles. The van der Waals surface area contributed by atoms with E-state index in [1.165, 1.54) is 24.3 Å². The Hall–Kier alpha value is -3.75. The zero-order valence-electron chi connectivity index (χ0n) is 27.8. The lowest BCUT2D eigenvalue weighted by Gasteiger charge is -2.46. The van der Waals surface area contributed by atoms with Crippen molar-refractivity contribution in [3.8, 4) is 34.3 Å². The first-order valence-electron chi connectivity index (χ1n) is 16.5. The molecule has 0 bridgehead atoms. The van der Waals surface area contributed by atoms with Gasteiger partial charge in [-0.05, 0) is 24.3 Å². The fraction of sp³-hybridized carbons (Fsp3) is 0.545. The van der Waals surface area contributed by atoms with Gasteiger partial charge in [-0.1, -0.05) is 0 Å². The molecule has 13 N–H and O–H groups in total. The first-order chi connectivity index (χ1) is 25.6. The molecule has 4 heterocycles. The molecule has 0 amide bonds. The van der Waals surface area contributed by atoms with E-state index in [0.29, 0.717) is 0 Å². The van der Waals surface area contributed by atoms with Crippen LogP contribution in [0.3, 0.4) is 0 Å². The third-order valence-electron chi connectivity index (χ3n) is 9.33. The first kappa shape index (κ1) is 39.9. The van der Waals surface area contributed by atoms with Gasteiger partial charge in [0.2, 0.25) is 11.2 Å². The Labute approximate surface area is 303 Å². The quantitative estimate of drug-likeness (QED) is 0.0922. The van der Waals surface area contributed by atoms with E-state index in [0.717, 1.165) is 12.1 Å². The lowest BCUT2D eigenvalue weighted by Crippen LogP contribution is -2.65. The second-order valence-corrected chi connectivity index (χ2v) is 13.0. The standard InChI is InChI=1S/C33H40O21/c34-7-15-19(38)22(41)27(46)33(52-15)53-29-17(50-16(20(39)24(29)43)8-49-32-26(45)23(42)25(44)31(47)54-32)9-48-30-21(40)18-13(37)5-12(36)6-14(18)51-28(30)10-1-3-11(35)4-2-10/h1-6,15-17,19-20,22-27,29,31-39,41-47H,7-9H2/t15?,16?,17-,19-,20-,22-,23-,24-,25+,26?,27?,29?,31?,32+,33-/m0/s1. The summed E-state index contributed by atoms with van der Waals surface area (Å²) in [5.41, 5.74) is -1.04. The first-order valence-corrected chi connectivity index (χ1v) is 16.5. The van der Waals surface area contributed by atoms with Crippen LogP contribution in [-0.4, -0.2) is 178 Å². The van der Waals surface area contributed by atoms with Gasteiger partial charge in [-0.15, -0.1) is 0 Å². The molecule has 0 aliphatic carbocycles. The smallest absolute Gasteiger partial charge is 0.239 e. The van der Waals surface area contributed by atoms with Gasteiger partial charge >= 0.3 is 0 Å². The van der Waals surface area contributed by atoms with Gasteiger partial charge in [0, 0.05) is 17.7 Å². The predicted octanol–water partition coefficient (Wildman–Crippen LogP) is -4.60. The molecule has 0 radical (unpaired) electrons. The van der Waals surface area contributed by atoms with Gasteiger partial charge in [0.1, 0.15) is 108 Å². The minimum Gasteiger partial charge on any atom is -0.508 e. The monoisotopic (exact) mass is 772 g/mol. The summed E-state index contributed by atoms with van der Waals surface area (Å²) in [7, 11) is 0. The minimum atomic E-state index is -1.99. The van der Waals surface area contributed by atoms with Gasteiger partial charge in [0.15, 0.2) is 24.6 Å². The number of rotatable bonds is 10. The molecular weight excluding hydrogens is 732 g/mol. The lowest BCUT2D eigenvalue weighted by atomic mass is 9.94. The van der Waals surface area contributed by atoms with E-state index < -0.39 is 140 Å². The Balaban J connectivity index is 1.33. The van der Waals surface area contributed by atoms with Crippen LogP contribution in [0.4, 0.5) is 0 Å². The fourth-order valence-electron chi connectivity index (χ4n) is 6.32. The maximum atomic E-state index is 13.9. The number of aliphatic hydroxyl groups excluding tert-OH is 10. The molecule has 0 spiro atoms.